The number of alkyl halides is 3. The second-order valence-corrected chi connectivity index (χ2v) is 9.83. The van der Waals surface area contributed by atoms with Crippen molar-refractivity contribution in [1.29, 1.82) is 0 Å². The Bertz CT molecular complexity index is 1310. The average molecular weight is 543 g/mol. The summed E-state index contributed by atoms with van der Waals surface area (Å²) in [5.74, 6) is -0.255. The highest BCUT2D eigenvalue weighted by molar-refractivity contribution is 5.95. The fraction of sp³-hybridized carbons (Fsp3) is 0.393. The van der Waals surface area contributed by atoms with Gasteiger partial charge in [-0.05, 0) is 56.3 Å². The van der Waals surface area contributed by atoms with E-state index in [1.165, 1.54) is 12.7 Å². The van der Waals surface area contributed by atoms with Gasteiger partial charge < -0.3 is 25.6 Å². The maximum Gasteiger partial charge on any atom is 0.421 e. The zero-order valence-electron chi connectivity index (χ0n) is 22.4. The van der Waals surface area contributed by atoms with Crippen LogP contribution in [0, 0.1) is 0 Å². The van der Waals surface area contributed by atoms with Gasteiger partial charge in [0.15, 0.2) is 0 Å². The number of anilines is 3. The summed E-state index contributed by atoms with van der Waals surface area (Å²) in [6, 6.07) is 12.5. The van der Waals surface area contributed by atoms with E-state index in [-0.39, 0.29) is 29.6 Å². The Morgan fingerprint density at radius 3 is 2.67 bits per heavy atom. The Hall–Kier alpha value is -3.86. The molecule has 8 nitrogen and oxygen atoms in total. The molecule has 0 aliphatic heterocycles. The molecule has 0 spiro atoms. The minimum atomic E-state index is -4.63. The fourth-order valence-electron chi connectivity index (χ4n) is 4.67. The van der Waals surface area contributed by atoms with Crippen LogP contribution < -0.4 is 20.7 Å². The van der Waals surface area contributed by atoms with E-state index >= 15 is 0 Å². The second kappa shape index (κ2) is 11.9. The van der Waals surface area contributed by atoms with Crippen LogP contribution in [0.15, 0.2) is 48.7 Å². The topological polar surface area (TPSA) is 91.4 Å². The Balaban J connectivity index is 1.56. The first kappa shape index (κ1) is 28.2. The van der Waals surface area contributed by atoms with E-state index in [1.807, 2.05) is 44.1 Å². The van der Waals surface area contributed by atoms with Crippen molar-refractivity contribution >= 4 is 23.4 Å². The van der Waals surface area contributed by atoms with Crippen LogP contribution in [0.2, 0.25) is 0 Å². The van der Waals surface area contributed by atoms with Crippen molar-refractivity contribution in [3.63, 3.8) is 0 Å². The first-order valence-corrected chi connectivity index (χ1v) is 12.7. The molecule has 39 heavy (non-hydrogen) atoms. The van der Waals surface area contributed by atoms with Crippen molar-refractivity contribution in [3.8, 4) is 5.75 Å². The second-order valence-electron chi connectivity index (χ2n) is 9.83. The van der Waals surface area contributed by atoms with Gasteiger partial charge in [0.2, 0.25) is 5.95 Å². The maximum absolute atomic E-state index is 13.9. The van der Waals surface area contributed by atoms with Gasteiger partial charge in [-0.2, -0.15) is 18.2 Å². The van der Waals surface area contributed by atoms with Crippen molar-refractivity contribution < 1.29 is 22.7 Å². The number of hydrogen-bond donors (Lipinski definition) is 3. The summed E-state index contributed by atoms with van der Waals surface area (Å²) in [7, 11) is 5.26. The van der Waals surface area contributed by atoms with Gasteiger partial charge in [-0.1, -0.05) is 31.2 Å². The lowest BCUT2D eigenvalue weighted by atomic mass is 9.80. The zero-order valence-corrected chi connectivity index (χ0v) is 22.4. The zero-order chi connectivity index (χ0) is 28.2. The highest BCUT2D eigenvalue weighted by Gasteiger charge is 2.37. The standard InChI is InChI=1S/C28H33F3N6O2/c1-17-20-8-6-5-7-18(20)9-11-22(17)34-25-21(28(29,30)31)16-33-27(36-25)35-23-12-10-19(15-24(23)39-4)26(38)32-13-14-37(2)3/h5-8,10,12,15-17,22H,9,11,13-14H2,1-4H3,(H,32,38)(H2,33,34,35,36)/t17-,22-/m1/s1. The van der Waals surface area contributed by atoms with Crippen LogP contribution in [0.4, 0.5) is 30.6 Å². The number of ether oxygens (including phenoxy) is 1. The Kier molecular flexibility index (Phi) is 8.59. The van der Waals surface area contributed by atoms with Crippen LogP contribution >= 0.6 is 0 Å². The first-order chi connectivity index (χ1) is 18.6. The van der Waals surface area contributed by atoms with Crippen molar-refractivity contribution in [1.82, 2.24) is 20.2 Å². The minimum Gasteiger partial charge on any atom is -0.495 e. The molecule has 2 aromatic carbocycles. The molecule has 4 rings (SSSR count). The molecule has 3 N–H and O–H groups in total. The molecule has 0 fully saturated rings. The molecule has 1 amide bonds. The molecule has 0 unspecified atom stereocenters. The SMILES string of the molecule is COc1cc(C(=O)NCCN(C)C)ccc1Nc1ncc(C(F)(F)F)c(N[C@@H]2CCc3ccccc3[C@H]2C)n1. The summed E-state index contributed by atoms with van der Waals surface area (Å²) in [4.78, 5) is 22.6. The molecule has 0 radical (unpaired) electrons. The van der Waals surface area contributed by atoms with Gasteiger partial charge >= 0.3 is 6.18 Å². The minimum absolute atomic E-state index is 0.00100. The molecule has 208 valence electrons. The van der Waals surface area contributed by atoms with E-state index in [0.717, 1.165) is 18.2 Å². The summed E-state index contributed by atoms with van der Waals surface area (Å²) in [6.07, 6.45) is -2.41. The lowest BCUT2D eigenvalue weighted by molar-refractivity contribution is -0.137. The summed E-state index contributed by atoms with van der Waals surface area (Å²) in [6.45, 7) is 3.18. The molecule has 0 saturated carbocycles. The van der Waals surface area contributed by atoms with Crippen molar-refractivity contribution in [2.75, 3.05) is 44.9 Å². The highest BCUT2D eigenvalue weighted by Crippen LogP contribution is 2.38. The number of amides is 1. The maximum atomic E-state index is 13.9. The normalized spacial score (nSPS) is 16.9. The summed E-state index contributed by atoms with van der Waals surface area (Å²) < 4.78 is 47.0. The highest BCUT2D eigenvalue weighted by atomic mass is 19.4. The Morgan fingerprint density at radius 1 is 1.18 bits per heavy atom. The molecule has 3 aromatic rings. The fourth-order valence-corrected chi connectivity index (χ4v) is 4.67. The number of carbonyl (C=O) groups excluding carboxylic acids is 1. The lowest BCUT2D eigenvalue weighted by Gasteiger charge is -2.33. The van der Waals surface area contributed by atoms with Gasteiger partial charge in [0.25, 0.3) is 5.91 Å². The third-order valence-electron chi connectivity index (χ3n) is 6.84. The third-order valence-corrected chi connectivity index (χ3v) is 6.84. The van der Waals surface area contributed by atoms with Gasteiger partial charge in [-0.25, -0.2) is 4.98 Å². The molecule has 1 aliphatic carbocycles. The van der Waals surface area contributed by atoms with Gasteiger partial charge in [0, 0.05) is 36.8 Å². The number of hydrogen-bond acceptors (Lipinski definition) is 7. The smallest absolute Gasteiger partial charge is 0.421 e. The van der Waals surface area contributed by atoms with Crippen LogP contribution in [0.25, 0.3) is 0 Å². The number of aryl methyl sites for hydroxylation is 1. The van der Waals surface area contributed by atoms with E-state index in [2.05, 4.69) is 32.0 Å². The molecule has 0 bridgehead atoms. The number of halogens is 3. The predicted molar refractivity (Wildman–Crippen MR) is 145 cm³/mol. The largest absolute Gasteiger partial charge is 0.495 e. The Morgan fingerprint density at radius 2 is 1.95 bits per heavy atom. The molecule has 2 atom stereocenters. The average Bonchev–Trinajstić information content (AvgIpc) is 2.90. The van der Waals surface area contributed by atoms with Crippen LogP contribution in [0.1, 0.15) is 46.3 Å². The van der Waals surface area contributed by atoms with E-state index in [4.69, 9.17) is 4.74 Å². The number of aromatic nitrogens is 2. The lowest BCUT2D eigenvalue weighted by Crippen LogP contribution is -2.32. The summed E-state index contributed by atoms with van der Waals surface area (Å²) in [5, 5.41) is 8.82. The van der Waals surface area contributed by atoms with E-state index in [0.29, 0.717) is 36.5 Å². The first-order valence-electron chi connectivity index (χ1n) is 12.7. The number of likely N-dealkylation sites (N-methyl/N-ethyl adjacent to an activating group) is 1. The molecule has 1 heterocycles. The van der Waals surface area contributed by atoms with Crippen molar-refractivity contribution in [2.45, 2.75) is 37.9 Å². The van der Waals surface area contributed by atoms with Gasteiger partial charge in [0.1, 0.15) is 17.1 Å². The van der Waals surface area contributed by atoms with E-state index in [1.54, 1.807) is 18.2 Å². The summed E-state index contributed by atoms with van der Waals surface area (Å²) >= 11 is 0. The number of nitrogens with one attached hydrogen (secondary N) is 3. The van der Waals surface area contributed by atoms with Crippen LogP contribution in [0.5, 0.6) is 5.75 Å². The molecular weight excluding hydrogens is 509 g/mol. The monoisotopic (exact) mass is 542 g/mol. The number of methoxy groups -OCH3 is 1. The predicted octanol–water partition coefficient (Wildman–Crippen LogP) is 5.07. The van der Waals surface area contributed by atoms with Crippen LogP contribution in [-0.2, 0) is 12.6 Å². The van der Waals surface area contributed by atoms with Crippen LogP contribution in [-0.4, -0.2) is 61.1 Å². The van der Waals surface area contributed by atoms with Crippen molar-refractivity contribution in [3.05, 3.63) is 70.9 Å². The number of fused-ring (bicyclic) bond motifs is 1. The number of benzene rings is 2. The van der Waals surface area contributed by atoms with E-state index in [9.17, 15) is 18.0 Å². The van der Waals surface area contributed by atoms with E-state index < -0.39 is 11.7 Å². The third kappa shape index (κ3) is 6.78. The van der Waals surface area contributed by atoms with Gasteiger partial charge in [-0.3, -0.25) is 4.79 Å². The number of nitrogens with zero attached hydrogens (tertiary/aromatic N) is 3. The molecular formula is C28H33F3N6O2. The number of rotatable bonds is 9. The number of carbonyl (C=O) groups is 1. The molecule has 1 aromatic heterocycles. The van der Waals surface area contributed by atoms with Crippen molar-refractivity contribution in [2.24, 2.45) is 0 Å². The molecule has 1 aliphatic rings. The van der Waals surface area contributed by atoms with Crippen LogP contribution in [0.3, 0.4) is 0 Å². The summed E-state index contributed by atoms with van der Waals surface area (Å²) in [5.41, 5.74) is 2.20. The quantitative estimate of drug-likeness (QED) is 0.348. The Labute approximate surface area is 226 Å². The van der Waals surface area contributed by atoms with Gasteiger partial charge in [-0.15, -0.1) is 0 Å². The van der Waals surface area contributed by atoms with Gasteiger partial charge in [0.05, 0.1) is 12.8 Å². The molecule has 0 saturated heterocycles. The molecule has 11 heteroatoms.